The number of amides is 1. The number of nitrogens with zero attached hydrogens (tertiary/aromatic N) is 4. The van der Waals surface area contributed by atoms with E-state index in [1.165, 1.54) is 0 Å². The van der Waals surface area contributed by atoms with E-state index in [2.05, 4.69) is 15.0 Å². The molecule has 2 aromatic heterocycles. The Kier molecular flexibility index (Phi) is 5.89. The minimum absolute atomic E-state index is 0.161. The van der Waals surface area contributed by atoms with Gasteiger partial charge in [0.05, 0.1) is 17.3 Å². The number of aromatic nitrogens is 2. The molecule has 6 nitrogen and oxygen atoms in total. The molecule has 9 heteroatoms. The van der Waals surface area contributed by atoms with E-state index in [0.717, 1.165) is 36.0 Å². The maximum absolute atomic E-state index is 13.8. The highest BCUT2D eigenvalue weighted by Gasteiger charge is 2.49. The summed E-state index contributed by atoms with van der Waals surface area (Å²) in [5.74, 6) is -0.0643. The van der Waals surface area contributed by atoms with Crippen LogP contribution in [0.25, 0.3) is 11.3 Å². The average Bonchev–Trinajstić information content (AvgIpc) is 3.40. The summed E-state index contributed by atoms with van der Waals surface area (Å²) in [5, 5.41) is 0. The summed E-state index contributed by atoms with van der Waals surface area (Å²) in [6.45, 7) is 6.09. The first-order valence-electron chi connectivity index (χ1n) is 11.8. The van der Waals surface area contributed by atoms with Crippen molar-refractivity contribution in [1.29, 1.82) is 0 Å². The fraction of sp³-hybridized carbons (Fsp3) is 0.462. The van der Waals surface area contributed by atoms with Gasteiger partial charge in [-0.2, -0.15) is 13.2 Å². The Balaban J connectivity index is 1.39. The Bertz CT molecular complexity index is 1220. The van der Waals surface area contributed by atoms with Crippen LogP contribution in [-0.4, -0.2) is 51.5 Å². The third-order valence-corrected chi connectivity index (χ3v) is 7.12. The zero-order valence-corrected chi connectivity index (χ0v) is 19.8. The number of aliphatic imine (C=N–C) groups is 1. The van der Waals surface area contributed by atoms with E-state index in [4.69, 9.17) is 4.74 Å². The molecular weight excluding hydrogens is 457 g/mol. The maximum atomic E-state index is 13.8. The van der Waals surface area contributed by atoms with Crippen LogP contribution in [-0.2, 0) is 4.74 Å². The van der Waals surface area contributed by atoms with Gasteiger partial charge in [0.1, 0.15) is 11.8 Å². The smallest absolute Gasteiger partial charge is 0.414 e. The van der Waals surface area contributed by atoms with Crippen LogP contribution < -0.4 is 0 Å². The fourth-order valence-electron chi connectivity index (χ4n) is 5.37. The quantitative estimate of drug-likeness (QED) is 0.596. The minimum Gasteiger partial charge on any atom is -0.475 e. The largest absolute Gasteiger partial charge is 0.475 e. The number of hydrogen-bond acceptors (Lipinski definition) is 5. The lowest BCUT2D eigenvalue weighted by atomic mass is 9.98. The zero-order chi connectivity index (χ0) is 24.9. The normalized spacial score (nSPS) is 25.9. The number of pyridine rings is 2. The Morgan fingerprint density at radius 3 is 2.66 bits per heavy atom. The highest BCUT2D eigenvalue weighted by Crippen LogP contribution is 2.42. The predicted octanol–water partition coefficient (Wildman–Crippen LogP) is 5.26. The molecule has 184 valence electrons. The van der Waals surface area contributed by atoms with E-state index in [1.807, 2.05) is 43.0 Å². The summed E-state index contributed by atoms with van der Waals surface area (Å²) >= 11 is 0. The van der Waals surface area contributed by atoms with Crippen LogP contribution >= 0.6 is 0 Å². The van der Waals surface area contributed by atoms with E-state index in [-0.39, 0.29) is 30.4 Å². The molecule has 0 radical (unpaired) electrons. The van der Waals surface area contributed by atoms with Gasteiger partial charge in [0, 0.05) is 36.1 Å². The molecule has 1 saturated carbocycles. The monoisotopic (exact) mass is 484 g/mol. The molecule has 1 amide bonds. The van der Waals surface area contributed by atoms with Gasteiger partial charge in [-0.25, -0.2) is 9.98 Å². The van der Waals surface area contributed by atoms with Gasteiger partial charge in [-0.05, 0) is 62.8 Å². The van der Waals surface area contributed by atoms with Crippen LogP contribution in [0.1, 0.15) is 47.9 Å². The Morgan fingerprint density at radius 2 is 1.97 bits per heavy atom. The molecule has 2 aliphatic heterocycles. The van der Waals surface area contributed by atoms with Gasteiger partial charge in [-0.3, -0.25) is 9.78 Å². The van der Waals surface area contributed by atoms with Crippen molar-refractivity contribution < 1.29 is 22.7 Å². The maximum Gasteiger partial charge on any atom is 0.414 e. The van der Waals surface area contributed by atoms with E-state index < -0.39 is 17.7 Å². The van der Waals surface area contributed by atoms with Crippen LogP contribution in [0.4, 0.5) is 13.2 Å². The van der Waals surface area contributed by atoms with Gasteiger partial charge < -0.3 is 9.64 Å². The van der Waals surface area contributed by atoms with Crippen LogP contribution in [0.5, 0.6) is 0 Å². The summed E-state index contributed by atoms with van der Waals surface area (Å²) < 4.78 is 45.3. The van der Waals surface area contributed by atoms with Gasteiger partial charge in [0.2, 0.25) is 0 Å². The number of fused-ring (bicyclic) bond motifs is 2. The van der Waals surface area contributed by atoms with E-state index >= 15 is 0 Å². The molecule has 0 spiro atoms. The van der Waals surface area contributed by atoms with Gasteiger partial charge in [-0.1, -0.05) is 13.0 Å². The number of piperidine rings is 1. The van der Waals surface area contributed by atoms with E-state index in [9.17, 15) is 18.0 Å². The van der Waals surface area contributed by atoms with Crippen molar-refractivity contribution in [3.8, 4) is 11.3 Å². The van der Waals surface area contributed by atoms with Crippen LogP contribution in [0.2, 0.25) is 0 Å². The highest BCUT2D eigenvalue weighted by atomic mass is 19.4. The van der Waals surface area contributed by atoms with Crippen molar-refractivity contribution in [1.82, 2.24) is 14.9 Å². The molecule has 5 rings (SSSR count). The van der Waals surface area contributed by atoms with Crippen molar-refractivity contribution in [3.05, 3.63) is 59.2 Å². The molecule has 2 aromatic rings. The summed E-state index contributed by atoms with van der Waals surface area (Å²) in [6.07, 6.45) is -0.735. The number of alkyl halides is 3. The van der Waals surface area contributed by atoms with Crippen molar-refractivity contribution >= 4 is 11.8 Å². The van der Waals surface area contributed by atoms with Crippen molar-refractivity contribution in [2.24, 2.45) is 16.8 Å². The number of carbonyl (C=O) groups is 1. The summed E-state index contributed by atoms with van der Waals surface area (Å²) in [5.41, 5.74) is 2.81. The second-order valence-corrected chi connectivity index (χ2v) is 9.76. The second-order valence-electron chi connectivity index (χ2n) is 9.76. The molecule has 4 atom stereocenters. The molecule has 2 bridgehead atoms. The first-order valence-corrected chi connectivity index (χ1v) is 11.8. The Morgan fingerprint density at radius 1 is 1.17 bits per heavy atom. The van der Waals surface area contributed by atoms with Crippen LogP contribution in [0, 0.1) is 25.7 Å². The lowest BCUT2D eigenvalue weighted by molar-refractivity contribution is -0.0953. The van der Waals surface area contributed by atoms with Gasteiger partial charge in [0.15, 0.2) is 5.90 Å². The first kappa shape index (κ1) is 23.5. The minimum atomic E-state index is -4.39. The number of halogens is 3. The number of rotatable bonds is 3. The SMILES string of the molecule is Cc1ccc(-c2ncccc2C)c(C(=O)N2CC3CC(OC4=NC=C(C(F)(F)F)CC4C)C2C3)n1. The third-order valence-electron chi connectivity index (χ3n) is 7.12. The lowest BCUT2D eigenvalue weighted by Gasteiger charge is -2.35. The fourth-order valence-corrected chi connectivity index (χ4v) is 5.37. The Labute approximate surface area is 201 Å². The topological polar surface area (TPSA) is 67.7 Å². The summed E-state index contributed by atoms with van der Waals surface area (Å²) in [7, 11) is 0. The summed E-state index contributed by atoms with van der Waals surface area (Å²) in [4.78, 5) is 28.7. The number of hydrogen-bond donors (Lipinski definition) is 0. The van der Waals surface area contributed by atoms with Gasteiger partial charge in [0.25, 0.3) is 5.91 Å². The number of ether oxygens (including phenoxy) is 1. The highest BCUT2D eigenvalue weighted by molar-refractivity contribution is 5.99. The molecule has 2 fully saturated rings. The average molecular weight is 485 g/mol. The second kappa shape index (κ2) is 8.77. The van der Waals surface area contributed by atoms with Gasteiger partial charge in [-0.15, -0.1) is 0 Å². The Hall–Kier alpha value is -3.23. The molecule has 0 N–H and O–H groups in total. The first-order chi connectivity index (χ1) is 16.6. The van der Waals surface area contributed by atoms with Crippen molar-refractivity contribution in [3.63, 3.8) is 0 Å². The van der Waals surface area contributed by atoms with Crippen molar-refractivity contribution in [2.75, 3.05) is 6.54 Å². The molecule has 3 aliphatic rings. The molecular formula is C26H27F3N4O2. The zero-order valence-electron chi connectivity index (χ0n) is 19.8. The number of likely N-dealkylation sites (tertiary alicyclic amines) is 1. The molecule has 35 heavy (non-hydrogen) atoms. The molecule has 0 aromatic carbocycles. The number of allylic oxidation sites excluding steroid dienone is 1. The summed E-state index contributed by atoms with van der Waals surface area (Å²) in [6, 6.07) is 7.38. The van der Waals surface area contributed by atoms with E-state index in [0.29, 0.717) is 23.7 Å². The van der Waals surface area contributed by atoms with Crippen LogP contribution in [0.15, 0.2) is 47.2 Å². The van der Waals surface area contributed by atoms with Gasteiger partial charge >= 0.3 is 6.18 Å². The molecule has 1 saturated heterocycles. The molecule has 1 aliphatic carbocycles. The third kappa shape index (κ3) is 4.44. The standard InChI is InChI=1S/C26H27F3N4O2/c1-14-5-4-8-30-22(14)19-7-6-16(3)32-23(19)25(34)33-13-17-10-20(33)21(11-17)35-24-15(2)9-18(12-31-24)26(27,28)29/h4-8,12,15,17,20-21H,9-11,13H2,1-3H3. The van der Waals surface area contributed by atoms with E-state index in [1.54, 1.807) is 13.1 Å². The lowest BCUT2D eigenvalue weighted by Crippen LogP contribution is -2.47. The number of aryl methyl sites for hydroxylation is 2. The van der Waals surface area contributed by atoms with Crippen molar-refractivity contribution in [2.45, 2.75) is 58.4 Å². The number of carbonyl (C=O) groups excluding carboxylic acids is 1. The molecule has 4 unspecified atom stereocenters. The predicted molar refractivity (Wildman–Crippen MR) is 125 cm³/mol. The molecule has 4 heterocycles. The van der Waals surface area contributed by atoms with Crippen LogP contribution in [0.3, 0.4) is 0 Å².